The van der Waals surface area contributed by atoms with Crippen molar-refractivity contribution in [2.45, 2.75) is 13.0 Å². The van der Waals surface area contributed by atoms with Gasteiger partial charge >= 0.3 is 5.97 Å². The molecule has 0 aliphatic carbocycles. The van der Waals surface area contributed by atoms with Crippen molar-refractivity contribution in [3.63, 3.8) is 0 Å². The number of hydrogen-bond acceptors (Lipinski definition) is 5. The summed E-state index contributed by atoms with van der Waals surface area (Å²) in [7, 11) is 1.25. The summed E-state index contributed by atoms with van der Waals surface area (Å²) in [4.78, 5) is 31.8. The van der Waals surface area contributed by atoms with E-state index in [1.165, 1.54) is 25.8 Å². The minimum atomic E-state index is -0.678. The molecule has 0 bridgehead atoms. The predicted octanol–water partition coefficient (Wildman–Crippen LogP) is -0.404. The lowest BCUT2D eigenvalue weighted by Crippen LogP contribution is -2.42. The molecule has 6 heteroatoms. The average Bonchev–Trinajstić information content (AvgIpc) is 2.15. The van der Waals surface area contributed by atoms with E-state index in [0.29, 0.717) is 11.5 Å². The standard InChI is InChI=1S/C8H13NO4S/c1-6(11)9-7(8(12)13-2)5-14-4-3-10/h3,7H,4-5H2,1-2H3,(H,9,11)/t7-/m0/s1. The minimum absolute atomic E-state index is 0.299. The van der Waals surface area contributed by atoms with E-state index in [1.807, 2.05) is 0 Å². The Morgan fingerprint density at radius 2 is 2.21 bits per heavy atom. The molecule has 0 unspecified atom stereocenters. The van der Waals surface area contributed by atoms with Crippen molar-refractivity contribution >= 4 is 29.9 Å². The van der Waals surface area contributed by atoms with Crippen LogP contribution in [0, 0.1) is 0 Å². The first-order valence-corrected chi connectivity index (χ1v) is 5.13. The molecule has 0 aliphatic heterocycles. The van der Waals surface area contributed by atoms with Gasteiger partial charge in [0.05, 0.1) is 7.11 Å². The second kappa shape index (κ2) is 7.37. The molecular weight excluding hydrogens is 206 g/mol. The van der Waals surface area contributed by atoms with Crippen LogP contribution in [0.3, 0.4) is 0 Å². The minimum Gasteiger partial charge on any atom is -0.467 e. The van der Waals surface area contributed by atoms with Gasteiger partial charge in [0, 0.05) is 18.4 Å². The molecule has 0 aromatic heterocycles. The number of methoxy groups -OCH3 is 1. The molecule has 0 saturated carbocycles. The Morgan fingerprint density at radius 3 is 2.64 bits per heavy atom. The maximum absolute atomic E-state index is 11.1. The monoisotopic (exact) mass is 219 g/mol. The highest BCUT2D eigenvalue weighted by Crippen LogP contribution is 2.02. The van der Waals surface area contributed by atoms with Crippen LogP contribution in [0.5, 0.6) is 0 Å². The third-order valence-electron chi connectivity index (χ3n) is 1.33. The summed E-state index contributed by atoms with van der Waals surface area (Å²) in [6.07, 6.45) is 0.743. The van der Waals surface area contributed by atoms with E-state index in [2.05, 4.69) is 10.1 Å². The van der Waals surface area contributed by atoms with E-state index in [-0.39, 0.29) is 5.91 Å². The Kier molecular flexibility index (Phi) is 6.82. The molecule has 0 saturated heterocycles. The second-order valence-electron chi connectivity index (χ2n) is 2.48. The molecule has 0 heterocycles. The van der Waals surface area contributed by atoms with E-state index in [0.717, 1.165) is 6.29 Å². The van der Waals surface area contributed by atoms with Gasteiger partial charge in [0.25, 0.3) is 0 Å². The van der Waals surface area contributed by atoms with Gasteiger partial charge in [-0.25, -0.2) is 4.79 Å². The number of aldehydes is 1. The molecule has 80 valence electrons. The van der Waals surface area contributed by atoms with Gasteiger partial charge in [0.15, 0.2) is 0 Å². The lowest BCUT2D eigenvalue weighted by molar-refractivity contribution is -0.144. The molecule has 0 radical (unpaired) electrons. The van der Waals surface area contributed by atoms with Gasteiger partial charge in [0.1, 0.15) is 12.3 Å². The van der Waals surface area contributed by atoms with E-state index in [4.69, 9.17) is 0 Å². The smallest absolute Gasteiger partial charge is 0.329 e. The lowest BCUT2D eigenvalue weighted by Gasteiger charge is -2.13. The summed E-state index contributed by atoms with van der Waals surface area (Å²) in [5.41, 5.74) is 0. The molecule has 1 N–H and O–H groups in total. The number of ether oxygens (including phenoxy) is 1. The van der Waals surface area contributed by atoms with Crippen molar-refractivity contribution in [2.24, 2.45) is 0 Å². The Morgan fingerprint density at radius 1 is 1.57 bits per heavy atom. The number of nitrogens with one attached hydrogen (secondary N) is 1. The lowest BCUT2D eigenvalue weighted by atomic mass is 10.3. The average molecular weight is 219 g/mol. The van der Waals surface area contributed by atoms with Gasteiger partial charge in [-0.2, -0.15) is 11.8 Å². The van der Waals surface area contributed by atoms with Crippen molar-refractivity contribution in [1.82, 2.24) is 5.32 Å². The van der Waals surface area contributed by atoms with Gasteiger partial charge in [-0.3, -0.25) is 4.79 Å². The molecule has 1 atom stereocenters. The Balaban J connectivity index is 4.03. The van der Waals surface area contributed by atoms with Crippen molar-refractivity contribution in [2.75, 3.05) is 18.6 Å². The Bertz CT molecular complexity index is 219. The zero-order valence-electron chi connectivity index (χ0n) is 8.11. The maximum atomic E-state index is 11.1. The van der Waals surface area contributed by atoms with Crippen molar-refractivity contribution in [3.8, 4) is 0 Å². The van der Waals surface area contributed by atoms with Crippen LogP contribution in [-0.4, -0.2) is 42.8 Å². The molecular formula is C8H13NO4S. The topological polar surface area (TPSA) is 72.5 Å². The molecule has 0 fully saturated rings. The Hall–Kier alpha value is -1.04. The third-order valence-corrected chi connectivity index (χ3v) is 2.27. The normalized spacial score (nSPS) is 11.6. The fraction of sp³-hybridized carbons (Fsp3) is 0.625. The summed E-state index contributed by atoms with van der Waals surface area (Å²) in [5.74, 6) is -0.163. The fourth-order valence-corrected chi connectivity index (χ4v) is 1.48. The van der Waals surface area contributed by atoms with Gasteiger partial charge in [0.2, 0.25) is 5.91 Å². The van der Waals surface area contributed by atoms with Crippen LogP contribution in [0.2, 0.25) is 0 Å². The molecule has 0 spiro atoms. The number of hydrogen-bond donors (Lipinski definition) is 1. The van der Waals surface area contributed by atoms with Crippen LogP contribution < -0.4 is 5.32 Å². The predicted molar refractivity (Wildman–Crippen MR) is 53.0 cm³/mol. The number of thioether (sulfide) groups is 1. The first-order chi connectivity index (χ1) is 6.61. The summed E-state index contributed by atoms with van der Waals surface area (Å²) >= 11 is 1.26. The SMILES string of the molecule is COC(=O)[C@H](CSCC=O)NC(C)=O. The fourth-order valence-electron chi connectivity index (χ4n) is 0.790. The first-order valence-electron chi connectivity index (χ1n) is 3.98. The van der Waals surface area contributed by atoms with Gasteiger partial charge < -0.3 is 14.8 Å². The van der Waals surface area contributed by atoms with Crippen molar-refractivity contribution in [1.29, 1.82) is 0 Å². The summed E-state index contributed by atoms with van der Waals surface area (Å²) in [6.45, 7) is 1.32. The maximum Gasteiger partial charge on any atom is 0.329 e. The van der Waals surface area contributed by atoms with Crippen LogP contribution in [0.15, 0.2) is 0 Å². The molecule has 14 heavy (non-hydrogen) atoms. The molecule has 1 amide bonds. The molecule has 0 aromatic carbocycles. The van der Waals surface area contributed by atoms with E-state index in [9.17, 15) is 14.4 Å². The van der Waals surface area contributed by atoms with E-state index >= 15 is 0 Å². The van der Waals surface area contributed by atoms with Crippen LogP contribution in [-0.2, 0) is 19.1 Å². The number of amides is 1. The highest BCUT2D eigenvalue weighted by molar-refractivity contribution is 7.99. The molecule has 5 nitrogen and oxygen atoms in total. The number of carbonyl (C=O) groups is 3. The summed E-state index contributed by atoms with van der Waals surface area (Å²) in [5, 5.41) is 2.44. The van der Waals surface area contributed by atoms with E-state index < -0.39 is 12.0 Å². The molecule has 0 rings (SSSR count). The zero-order valence-corrected chi connectivity index (χ0v) is 8.93. The van der Waals surface area contributed by atoms with Crippen molar-refractivity contribution in [3.05, 3.63) is 0 Å². The van der Waals surface area contributed by atoms with Gasteiger partial charge in [-0.1, -0.05) is 0 Å². The highest BCUT2D eigenvalue weighted by atomic mass is 32.2. The van der Waals surface area contributed by atoms with Crippen LogP contribution in [0.25, 0.3) is 0 Å². The van der Waals surface area contributed by atoms with Crippen LogP contribution >= 0.6 is 11.8 Å². The van der Waals surface area contributed by atoms with Crippen LogP contribution in [0.1, 0.15) is 6.92 Å². The van der Waals surface area contributed by atoms with Crippen molar-refractivity contribution < 1.29 is 19.1 Å². The summed E-state index contributed by atoms with van der Waals surface area (Å²) < 4.78 is 4.49. The third kappa shape index (κ3) is 5.58. The molecule has 0 aromatic rings. The largest absolute Gasteiger partial charge is 0.467 e. The number of rotatable bonds is 6. The van der Waals surface area contributed by atoms with Gasteiger partial charge in [-0.05, 0) is 0 Å². The highest BCUT2D eigenvalue weighted by Gasteiger charge is 2.19. The summed E-state index contributed by atoms with van der Waals surface area (Å²) in [6, 6.07) is -0.678. The zero-order chi connectivity index (χ0) is 11.0. The van der Waals surface area contributed by atoms with E-state index in [1.54, 1.807) is 0 Å². The first kappa shape index (κ1) is 13.0. The second-order valence-corrected chi connectivity index (χ2v) is 3.56. The quantitative estimate of drug-likeness (QED) is 0.374. The molecule has 0 aliphatic rings. The Labute approximate surface area is 86.6 Å². The number of carbonyl (C=O) groups excluding carboxylic acids is 3. The van der Waals surface area contributed by atoms with Gasteiger partial charge in [-0.15, -0.1) is 0 Å². The van der Waals surface area contributed by atoms with Crippen LogP contribution in [0.4, 0.5) is 0 Å². The number of esters is 1.